The molecule has 0 aliphatic rings. The van der Waals surface area contributed by atoms with Crippen LogP contribution >= 0.6 is 12.6 Å². The molecular formula is C9H10O2S. The third-order valence-corrected chi connectivity index (χ3v) is 2.41. The zero-order valence-corrected chi connectivity index (χ0v) is 7.85. The van der Waals surface area contributed by atoms with Gasteiger partial charge in [0.1, 0.15) is 5.75 Å². The van der Waals surface area contributed by atoms with E-state index in [1.54, 1.807) is 13.0 Å². The highest BCUT2D eigenvalue weighted by Crippen LogP contribution is 2.30. The van der Waals surface area contributed by atoms with Crippen LogP contribution in [0, 0.1) is 13.8 Å². The first-order valence-corrected chi connectivity index (χ1v) is 4.00. The van der Waals surface area contributed by atoms with Crippen molar-refractivity contribution in [3.63, 3.8) is 0 Å². The van der Waals surface area contributed by atoms with Crippen molar-refractivity contribution in [3.05, 3.63) is 22.8 Å². The normalized spacial score (nSPS) is 9.92. The number of benzene rings is 1. The van der Waals surface area contributed by atoms with Gasteiger partial charge in [0, 0.05) is 5.56 Å². The minimum atomic E-state index is 0.0976. The second-order valence-electron chi connectivity index (χ2n) is 2.72. The van der Waals surface area contributed by atoms with Crippen molar-refractivity contribution >= 4 is 18.9 Å². The molecule has 0 bridgehead atoms. The molecule has 1 rings (SSSR count). The Morgan fingerprint density at radius 3 is 2.58 bits per heavy atom. The second-order valence-corrected chi connectivity index (χ2v) is 3.17. The van der Waals surface area contributed by atoms with Gasteiger partial charge in [-0.25, -0.2) is 0 Å². The number of aryl methyl sites for hydroxylation is 1. The largest absolute Gasteiger partial charge is 0.506 e. The molecule has 0 amide bonds. The summed E-state index contributed by atoms with van der Waals surface area (Å²) < 4.78 is 0. The lowest BCUT2D eigenvalue weighted by molar-refractivity contribution is 0.112. The molecule has 1 aromatic rings. The van der Waals surface area contributed by atoms with Crippen LogP contribution in [0.25, 0.3) is 0 Å². The minimum absolute atomic E-state index is 0.0976. The van der Waals surface area contributed by atoms with E-state index in [2.05, 4.69) is 12.6 Å². The predicted molar refractivity (Wildman–Crippen MR) is 50.2 cm³/mol. The summed E-state index contributed by atoms with van der Waals surface area (Å²) >= 11 is 4.03. The van der Waals surface area contributed by atoms with Crippen LogP contribution < -0.4 is 0 Å². The van der Waals surface area contributed by atoms with Gasteiger partial charge in [-0.15, -0.1) is 12.6 Å². The summed E-state index contributed by atoms with van der Waals surface area (Å²) in [4.78, 5) is 10.8. The molecule has 0 aliphatic heterocycles. The van der Waals surface area contributed by atoms with Gasteiger partial charge in [0.2, 0.25) is 0 Å². The summed E-state index contributed by atoms with van der Waals surface area (Å²) in [7, 11) is 0. The fraction of sp³-hybridized carbons (Fsp3) is 0.222. The zero-order valence-electron chi connectivity index (χ0n) is 6.96. The number of hydrogen-bond acceptors (Lipinski definition) is 3. The van der Waals surface area contributed by atoms with Crippen molar-refractivity contribution in [1.82, 2.24) is 0 Å². The lowest BCUT2D eigenvalue weighted by Gasteiger charge is -2.07. The SMILES string of the molecule is Cc1cc(C=O)c(S)c(O)c1C. The fourth-order valence-corrected chi connectivity index (χ4v) is 1.29. The Bertz CT molecular complexity index is 332. The van der Waals surface area contributed by atoms with E-state index in [4.69, 9.17) is 0 Å². The van der Waals surface area contributed by atoms with Gasteiger partial charge in [-0.05, 0) is 31.0 Å². The van der Waals surface area contributed by atoms with E-state index >= 15 is 0 Å². The highest BCUT2D eigenvalue weighted by molar-refractivity contribution is 7.80. The first-order chi connectivity index (χ1) is 5.57. The molecule has 3 heteroatoms. The standard InChI is InChI=1S/C9H10O2S/c1-5-3-7(4-10)9(12)8(11)6(5)2/h3-4,11-12H,1-2H3. The minimum Gasteiger partial charge on any atom is -0.506 e. The van der Waals surface area contributed by atoms with Gasteiger partial charge in [0.25, 0.3) is 0 Å². The summed E-state index contributed by atoms with van der Waals surface area (Å²) in [5, 5.41) is 9.46. The summed E-state index contributed by atoms with van der Waals surface area (Å²) in [5.74, 6) is 0.0976. The maximum Gasteiger partial charge on any atom is 0.151 e. The van der Waals surface area contributed by atoms with E-state index in [0.29, 0.717) is 16.7 Å². The van der Waals surface area contributed by atoms with E-state index in [9.17, 15) is 9.90 Å². The number of thiol groups is 1. The van der Waals surface area contributed by atoms with Gasteiger partial charge in [-0.2, -0.15) is 0 Å². The Labute approximate surface area is 76.6 Å². The monoisotopic (exact) mass is 182 g/mol. The van der Waals surface area contributed by atoms with Crippen LogP contribution in [0.3, 0.4) is 0 Å². The maximum atomic E-state index is 10.5. The van der Waals surface area contributed by atoms with Crippen LogP contribution in [-0.2, 0) is 0 Å². The number of phenols is 1. The second kappa shape index (κ2) is 3.19. The molecule has 0 radical (unpaired) electrons. The van der Waals surface area contributed by atoms with Gasteiger partial charge in [-0.3, -0.25) is 4.79 Å². The third kappa shape index (κ3) is 1.32. The van der Waals surface area contributed by atoms with E-state index in [1.807, 2.05) is 6.92 Å². The summed E-state index contributed by atoms with van der Waals surface area (Å²) in [6, 6.07) is 1.71. The van der Waals surface area contributed by atoms with Crippen LogP contribution in [0.4, 0.5) is 0 Å². The molecule has 0 spiro atoms. The Morgan fingerprint density at radius 2 is 2.08 bits per heavy atom. The van der Waals surface area contributed by atoms with Crippen LogP contribution in [0.5, 0.6) is 5.75 Å². The molecule has 0 aromatic heterocycles. The lowest BCUT2D eigenvalue weighted by Crippen LogP contribution is -1.90. The molecule has 0 unspecified atom stereocenters. The highest BCUT2D eigenvalue weighted by atomic mass is 32.1. The van der Waals surface area contributed by atoms with Crippen molar-refractivity contribution in [2.75, 3.05) is 0 Å². The Morgan fingerprint density at radius 1 is 1.50 bits per heavy atom. The topological polar surface area (TPSA) is 37.3 Å². The Balaban J connectivity index is 3.49. The number of aldehydes is 1. The van der Waals surface area contributed by atoms with Crippen molar-refractivity contribution in [2.45, 2.75) is 18.7 Å². The molecule has 2 nitrogen and oxygen atoms in total. The van der Waals surface area contributed by atoms with Crippen molar-refractivity contribution in [2.24, 2.45) is 0 Å². The van der Waals surface area contributed by atoms with Gasteiger partial charge < -0.3 is 5.11 Å². The average Bonchev–Trinajstić information content (AvgIpc) is 2.08. The number of carbonyl (C=O) groups is 1. The smallest absolute Gasteiger partial charge is 0.151 e. The number of rotatable bonds is 1. The molecule has 12 heavy (non-hydrogen) atoms. The Hall–Kier alpha value is -0.960. The molecule has 0 saturated heterocycles. The Kier molecular flexibility index (Phi) is 2.43. The van der Waals surface area contributed by atoms with E-state index in [-0.39, 0.29) is 5.75 Å². The summed E-state index contributed by atoms with van der Waals surface area (Å²) in [6.07, 6.45) is 0.689. The fourth-order valence-electron chi connectivity index (χ4n) is 1.00. The molecule has 0 aliphatic carbocycles. The van der Waals surface area contributed by atoms with Crippen LogP contribution in [0.1, 0.15) is 21.5 Å². The van der Waals surface area contributed by atoms with Crippen LogP contribution in [-0.4, -0.2) is 11.4 Å². The number of aromatic hydroxyl groups is 1. The molecule has 1 aromatic carbocycles. The molecule has 1 N–H and O–H groups in total. The quantitative estimate of drug-likeness (QED) is 0.515. The van der Waals surface area contributed by atoms with Crippen molar-refractivity contribution in [1.29, 1.82) is 0 Å². The van der Waals surface area contributed by atoms with Crippen LogP contribution in [0.15, 0.2) is 11.0 Å². The summed E-state index contributed by atoms with van der Waals surface area (Å²) in [6.45, 7) is 3.63. The summed E-state index contributed by atoms with van der Waals surface area (Å²) in [5.41, 5.74) is 2.09. The van der Waals surface area contributed by atoms with Gasteiger partial charge in [-0.1, -0.05) is 0 Å². The lowest BCUT2D eigenvalue weighted by atomic mass is 10.1. The van der Waals surface area contributed by atoms with Crippen LogP contribution in [0.2, 0.25) is 0 Å². The highest BCUT2D eigenvalue weighted by Gasteiger charge is 2.08. The zero-order chi connectivity index (χ0) is 9.30. The average molecular weight is 182 g/mol. The molecular weight excluding hydrogens is 172 g/mol. The molecule has 0 saturated carbocycles. The van der Waals surface area contributed by atoms with E-state index in [0.717, 1.165) is 11.1 Å². The molecule has 0 heterocycles. The van der Waals surface area contributed by atoms with Gasteiger partial charge in [0.05, 0.1) is 4.90 Å². The first-order valence-electron chi connectivity index (χ1n) is 3.55. The van der Waals surface area contributed by atoms with Gasteiger partial charge in [0.15, 0.2) is 6.29 Å². The first kappa shape index (κ1) is 9.13. The molecule has 64 valence electrons. The molecule has 0 fully saturated rings. The number of hydrogen-bond donors (Lipinski definition) is 2. The van der Waals surface area contributed by atoms with Crippen molar-refractivity contribution < 1.29 is 9.90 Å². The molecule has 0 atom stereocenters. The van der Waals surface area contributed by atoms with E-state index in [1.165, 1.54) is 0 Å². The maximum absolute atomic E-state index is 10.5. The van der Waals surface area contributed by atoms with Crippen molar-refractivity contribution in [3.8, 4) is 5.75 Å². The number of phenolic OH excluding ortho intramolecular Hbond substituents is 1. The third-order valence-electron chi connectivity index (χ3n) is 1.94. The van der Waals surface area contributed by atoms with Gasteiger partial charge >= 0.3 is 0 Å². The predicted octanol–water partition coefficient (Wildman–Crippen LogP) is 2.11. The number of carbonyl (C=O) groups excluding carboxylic acids is 1. The van der Waals surface area contributed by atoms with E-state index < -0.39 is 0 Å².